The molecular formula is C26H28F4O. The number of allylic oxidation sites excluding steroid dienone is 1. The predicted octanol–water partition coefficient (Wildman–Crippen LogP) is 8.31. The molecule has 1 saturated carbocycles. The molecule has 31 heavy (non-hydrogen) atoms. The maximum Gasteiger partial charge on any atom is 0.171 e. The summed E-state index contributed by atoms with van der Waals surface area (Å²) in [6.45, 7) is 5.65. The molecule has 0 spiro atoms. The largest absolute Gasteiger partial charge is 0.491 e. The van der Waals surface area contributed by atoms with Crippen LogP contribution in [-0.4, -0.2) is 6.61 Å². The smallest absolute Gasteiger partial charge is 0.171 e. The van der Waals surface area contributed by atoms with Gasteiger partial charge in [0.2, 0.25) is 0 Å². The molecule has 0 amide bonds. The summed E-state index contributed by atoms with van der Waals surface area (Å²) in [5.41, 5.74) is 0.191. The zero-order valence-corrected chi connectivity index (χ0v) is 17.8. The number of alkyl halides is 2. The Morgan fingerprint density at radius 1 is 0.935 bits per heavy atom. The van der Waals surface area contributed by atoms with Gasteiger partial charge in [0.1, 0.15) is 5.82 Å². The fourth-order valence-corrected chi connectivity index (χ4v) is 5.18. The Balaban J connectivity index is 1.68. The highest BCUT2D eigenvalue weighted by Crippen LogP contribution is 2.52. The van der Waals surface area contributed by atoms with Crippen LogP contribution in [0.25, 0.3) is 11.1 Å². The summed E-state index contributed by atoms with van der Waals surface area (Å²) < 4.78 is 65.7. The van der Waals surface area contributed by atoms with Crippen molar-refractivity contribution in [2.24, 2.45) is 5.92 Å². The summed E-state index contributed by atoms with van der Waals surface area (Å²) >= 11 is 0. The van der Waals surface area contributed by atoms with Gasteiger partial charge in [-0.3, -0.25) is 0 Å². The van der Waals surface area contributed by atoms with E-state index in [2.05, 4.69) is 6.58 Å². The van der Waals surface area contributed by atoms with Crippen LogP contribution in [0.2, 0.25) is 0 Å². The van der Waals surface area contributed by atoms with Gasteiger partial charge in [0, 0.05) is 11.1 Å². The second-order valence-electron chi connectivity index (χ2n) is 8.59. The molecule has 2 aliphatic carbocycles. The van der Waals surface area contributed by atoms with Gasteiger partial charge in [-0.1, -0.05) is 24.3 Å². The molecule has 0 bridgehead atoms. The third kappa shape index (κ3) is 3.88. The lowest BCUT2D eigenvalue weighted by Gasteiger charge is -2.32. The summed E-state index contributed by atoms with van der Waals surface area (Å²) in [5, 5.41) is 0. The average Bonchev–Trinajstić information content (AvgIpc) is 2.78. The third-order valence-electron chi connectivity index (χ3n) is 6.82. The monoisotopic (exact) mass is 432 g/mol. The number of hydrogen-bond donors (Lipinski definition) is 0. The van der Waals surface area contributed by atoms with Crippen molar-refractivity contribution in [1.82, 2.24) is 0 Å². The highest BCUT2D eigenvalue weighted by molar-refractivity contribution is 5.76. The topological polar surface area (TPSA) is 9.23 Å². The van der Waals surface area contributed by atoms with Gasteiger partial charge in [-0.05, 0) is 80.0 Å². The van der Waals surface area contributed by atoms with Crippen LogP contribution in [0, 0.1) is 17.6 Å². The van der Waals surface area contributed by atoms with Crippen LogP contribution in [0.4, 0.5) is 17.6 Å². The predicted molar refractivity (Wildman–Crippen MR) is 115 cm³/mol. The van der Waals surface area contributed by atoms with Crippen molar-refractivity contribution in [2.75, 3.05) is 6.61 Å². The lowest BCUT2D eigenvalue weighted by Crippen LogP contribution is -2.19. The second kappa shape index (κ2) is 9.05. The fraction of sp³-hybridized carbons (Fsp3) is 0.462. The maximum atomic E-state index is 15.5. The van der Waals surface area contributed by atoms with E-state index in [0.29, 0.717) is 11.5 Å². The molecule has 4 rings (SSSR count). The van der Waals surface area contributed by atoms with Crippen molar-refractivity contribution in [1.29, 1.82) is 0 Å². The zero-order valence-electron chi connectivity index (χ0n) is 17.8. The zero-order chi connectivity index (χ0) is 22.1. The summed E-state index contributed by atoms with van der Waals surface area (Å²) in [4.78, 5) is 0. The van der Waals surface area contributed by atoms with Crippen molar-refractivity contribution in [3.63, 3.8) is 0 Å². The van der Waals surface area contributed by atoms with E-state index in [0.717, 1.165) is 38.5 Å². The molecule has 0 heterocycles. The molecule has 2 aromatic rings. The van der Waals surface area contributed by atoms with E-state index in [4.69, 9.17) is 4.74 Å². The van der Waals surface area contributed by atoms with Gasteiger partial charge in [0.15, 0.2) is 23.9 Å². The molecule has 1 fully saturated rings. The van der Waals surface area contributed by atoms with E-state index in [1.54, 1.807) is 19.1 Å². The Bertz CT molecular complexity index is 962. The number of benzene rings is 2. The third-order valence-corrected chi connectivity index (χ3v) is 6.82. The first kappa shape index (κ1) is 21.9. The first-order valence-electron chi connectivity index (χ1n) is 11.1. The standard InChI is InChI=1S/C26H28F4O/c1-3-5-6-15-7-9-16(10-8-15)17-11-12-18-19-13-14-20(31-4-2)24(28)22(19)26(30)25(29)21(18)23(17)27/h3,11-16,25-26H,1,4-10H2,2H3. The van der Waals surface area contributed by atoms with E-state index < -0.39 is 24.0 Å². The molecule has 0 saturated heterocycles. The van der Waals surface area contributed by atoms with Gasteiger partial charge >= 0.3 is 0 Å². The Kier molecular flexibility index (Phi) is 6.40. The van der Waals surface area contributed by atoms with Crippen molar-refractivity contribution in [2.45, 2.75) is 63.7 Å². The maximum absolute atomic E-state index is 15.5. The van der Waals surface area contributed by atoms with E-state index in [9.17, 15) is 4.39 Å². The van der Waals surface area contributed by atoms with Crippen LogP contribution in [0.3, 0.4) is 0 Å². The van der Waals surface area contributed by atoms with Crippen LogP contribution in [-0.2, 0) is 0 Å². The number of rotatable bonds is 6. The Morgan fingerprint density at radius 3 is 2.16 bits per heavy atom. The molecule has 0 radical (unpaired) electrons. The first-order valence-corrected chi connectivity index (χ1v) is 11.1. The number of halogens is 4. The molecule has 5 heteroatoms. The molecule has 2 aromatic carbocycles. The van der Waals surface area contributed by atoms with Crippen LogP contribution < -0.4 is 4.74 Å². The van der Waals surface area contributed by atoms with Gasteiger partial charge in [-0.15, -0.1) is 6.58 Å². The van der Waals surface area contributed by atoms with E-state index in [1.807, 2.05) is 6.08 Å². The number of ether oxygens (including phenoxy) is 1. The summed E-state index contributed by atoms with van der Waals surface area (Å²) in [6.07, 6.45) is 3.10. The molecule has 2 unspecified atom stereocenters. The normalized spacial score (nSPS) is 24.9. The average molecular weight is 433 g/mol. The van der Waals surface area contributed by atoms with Crippen molar-refractivity contribution in [3.8, 4) is 16.9 Å². The molecule has 166 valence electrons. The molecule has 0 aromatic heterocycles. The van der Waals surface area contributed by atoms with Gasteiger partial charge in [0.25, 0.3) is 0 Å². The van der Waals surface area contributed by atoms with Crippen molar-refractivity contribution in [3.05, 3.63) is 65.2 Å². The van der Waals surface area contributed by atoms with E-state index in [-0.39, 0.29) is 40.5 Å². The van der Waals surface area contributed by atoms with E-state index >= 15 is 13.2 Å². The van der Waals surface area contributed by atoms with E-state index in [1.165, 1.54) is 12.1 Å². The first-order chi connectivity index (χ1) is 15.0. The van der Waals surface area contributed by atoms with Crippen LogP contribution in [0.15, 0.2) is 36.9 Å². The minimum absolute atomic E-state index is 0.00555. The second-order valence-corrected chi connectivity index (χ2v) is 8.59. The summed E-state index contributed by atoms with van der Waals surface area (Å²) in [6, 6.07) is 6.18. The minimum atomic E-state index is -2.28. The van der Waals surface area contributed by atoms with Crippen molar-refractivity contribution >= 4 is 0 Å². The molecular weight excluding hydrogens is 404 g/mol. The van der Waals surface area contributed by atoms with Crippen molar-refractivity contribution < 1.29 is 22.3 Å². The van der Waals surface area contributed by atoms with Gasteiger partial charge in [-0.2, -0.15) is 0 Å². The quantitative estimate of drug-likeness (QED) is 0.329. The molecule has 2 aliphatic rings. The Hall–Kier alpha value is -2.30. The number of fused-ring (bicyclic) bond motifs is 3. The summed E-state index contributed by atoms with van der Waals surface area (Å²) in [7, 11) is 0. The minimum Gasteiger partial charge on any atom is -0.491 e. The van der Waals surface area contributed by atoms with Gasteiger partial charge in [0.05, 0.1) is 6.61 Å². The molecule has 2 atom stereocenters. The molecule has 0 aliphatic heterocycles. The van der Waals surface area contributed by atoms with Gasteiger partial charge < -0.3 is 4.74 Å². The SMILES string of the molecule is C=CCCC1CCC(c2ccc3c(c2F)C(F)C(F)c2c-3ccc(OCC)c2F)CC1. The van der Waals surface area contributed by atoms with Crippen LogP contribution in [0.1, 0.15) is 80.4 Å². The van der Waals surface area contributed by atoms with Gasteiger partial charge in [-0.25, -0.2) is 17.6 Å². The molecule has 0 N–H and O–H groups in total. The lowest BCUT2D eigenvalue weighted by atomic mass is 9.75. The highest BCUT2D eigenvalue weighted by Gasteiger charge is 2.40. The summed E-state index contributed by atoms with van der Waals surface area (Å²) in [5.74, 6) is -1.11. The van der Waals surface area contributed by atoms with Crippen LogP contribution >= 0.6 is 0 Å². The fourth-order valence-electron chi connectivity index (χ4n) is 5.18. The van der Waals surface area contributed by atoms with Crippen LogP contribution in [0.5, 0.6) is 5.75 Å². The highest BCUT2D eigenvalue weighted by atomic mass is 19.2. The lowest BCUT2D eigenvalue weighted by molar-refractivity contribution is 0.158. The Labute approximate surface area is 181 Å². The molecule has 1 nitrogen and oxygen atoms in total. The Morgan fingerprint density at radius 2 is 1.55 bits per heavy atom. The number of hydrogen-bond acceptors (Lipinski definition) is 1.